The summed E-state index contributed by atoms with van der Waals surface area (Å²) in [5, 5.41) is 12.4. The first kappa shape index (κ1) is 19.6. The molecule has 7 heteroatoms. The van der Waals surface area contributed by atoms with Crippen LogP contribution in [0.15, 0.2) is 24.3 Å². The van der Waals surface area contributed by atoms with Gasteiger partial charge in [0.2, 0.25) is 5.91 Å². The fourth-order valence-corrected chi connectivity index (χ4v) is 4.53. The van der Waals surface area contributed by atoms with Gasteiger partial charge in [-0.1, -0.05) is 12.1 Å². The molecule has 1 aromatic carbocycles. The molecular weight excluding hydrogens is 340 g/mol. The number of ether oxygens (including phenoxy) is 1. The Balaban J connectivity index is 2.18. The van der Waals surface area contributed by atoms with E-state index in [0.717, 1.165) is 37.2 Å². The van der Waals surface area contributed by atoms with E-state index < -0.39 is 16.8 Å². The van der Waals surface area contributed by atoms with Gasteiger partial charge < -0.3 is 20.1 Å². The first-order valence-corrected chi connectivity index (χ1v) is 9.30. The highest BCUT2D eigenvalue weighted by molar-refractivity contribution is 8.00. The van der Waals surface area contributed by atoms with Crippen LogP contribution in [0.1, 0.15) is 25.3 Å². The van der Waals surface area contributed by atoms with Gasteiger partial charge in [-0.05, 0) is 50.7 Å². The number of piperidine rings is 1. The van der Waals surface area contributed by atoms with Crippen LogP contribution in [-0.2, 0) is 15.3 Å². The van der Waals surface area contributed by atoms with Crippen LogP contribution in [0.5, 0.6) is 5.75 Å². The third kappa shape index (κ3) is 5.12. The number of carbonyl (C=O) groups is 2. The van der Waals surface area contributed by atoms with E-state index in [2.05, 4.69) is 10.2 Å². The molecule has 1 aliphatic rings. The predicted molar refractivity (Wildman–Crippen MR) is 99.0 cm³/mol. The molecule has 1 heterocycles. The van der Waals surface area contributed by atoms with Crippen LogP contribution in [0.3, 0.4) is 0 Å². The van der Waals surface area contributed by atoms with E-state index >= 15 is 0 Å². The minimum absolute atomic E-state index is 0.309. The Hall–Kier alpha value is -1.73. The number of carbonyl (C=O) groups excluding carboxylic acids is 1. The molecular formula is C18H26N2O4S. The zero-order valence-electron chi connectivity index (χ0n) is 14.9. The van der Waals surface area contributed by atoms with Crippen LogP contribution in [0, 0.1) is 0 Å². The molecule has 2 rings (SSSR count). The second-order valence-electron chi connectivity index (χ2n) is 6.48. The summed E-state index contributed by atoms with van der Waals surface area (Å²) in [4.78, 5) is 25.6. The number of likely N-dealkylation sites (tertiary alicyclic amines) is 1. The molecule has 1 saturated heterocycles. The lowest BCUT2D eigenvalue weighted by atomic mass is 9.88. The summed E-state index contributed by atoms with van der Waals surface area (Å²) in [7, 11) is 3.66. The summed E-state index contributed by atoms with van der Waals surface area (Å²) in [5.74, 6) is 0.207. The topological polar surface area (TPSA) is 78.9 Å². The monoisotopic (exact) mass is 366 g/mol. The van der Waals surface area contributed by atoms with Crippen LogP contribution < -0.4 is 10.1 Å². The van der Waals surface area contributed by atoms with Crippen LogP contribution >= 0.6 is 11.8 Å². The van der Waals surface area contributed by atoms with Crippen molar-refractivity contribution in [3.63, 3.8) is 0 Å². The van der Waals surface area contributed by atoms with Gasteiger partial charge in [0.05, 0.1) is 7.11 Å². The average molecular weight is 366 g/mol. The molecule has 2 N–H and O–H groups in total. The molecule has 6 nitrogen and oxygen atoms in total. The van der Waals surface area contributed by atoms with E-state index in [1.54, 1.807) is 18.9 Å². The highest BCUT2D eigenvalue weighted by Gasteiger charge is 2.45. The van der Waals surface area contributed by atoms with E-state index in [0.29, 0.717) is 5.75 Å². The van der Waals surface area contributed by atoms with Crippen molar-refractivity contribution < 1.29 is 19.4 Å². The minimum Gasteiger partial charge on any atom is -0.497 e. The molecule has 0 saturated carbocycles. The van der Waals surface area contributed by atoms with Crippen molar-refractivity contribution in [3.05, 3.63) is 29.8 Å². The number of thioether (sulfide) groups is 1. The lowest BCUT2D eigenvalue weighted by Gasteiger charge is -2.43. The summed E-state index contributed by atoms with van der Waals surface area (Å²) in [6, 6.07) is 6.90. The first-order valence-electron chi connectivity index (χ1n) is 8.31. The molecule has 25 heavy (non-hydrogen) atoms. The minimum atomic E-state index is -0.970. The Bertz CT molecular complexity index is 598. The van der Waals surface area contributed by atoms with E-state index in [9.17, 15) is 14.7 Å². The molecule has 1 fully saturated rings. The van der Waals surface area contributed by atoms with Gasteiger partial charge >= 0.3 is 5.97 Å². The second kappa shape index (κ2) is 8.58. The number of aliphatic carboxylic acids is 1. The quantitative estimate of drug-likeness (QED) is 0.768. The number of nitrogens with zero attached hydrogens (tertiary/aromatic N) is 1. The van der Waals surface area contributed by atoms with Gasteiger partial charge in [-0.25, -0.2) is 4.79 Å². The molecule has 0 unspecified atom stereocenters. The Morgan fingerprint density at radius 2 is 1.92 bits per heavy atom. The smallest absolute Gasteiger partial charge is 0.327 e. The number of hydrogen-bond acceptors (Lipinski definition) is 5. The van der Waals surface area contributed by atoms with Crippen LogP contribution in [0.25, 0.3) is 0 Å². The number of carboxylic acid groups (broad SMARTS) is 1. The number of benzene rings is 1. The normalized spacial score (nSPS) is 18.4. The Kier molecular flexibility index (Phi) is 6.72. The molecule has 1 amide bonds. The standard InChI is InChI=1S/C18H26N2O4S/c1-13(21)19-16(17(22)23)18(8-10-20(2)11-9-18)25-12-14-4-6-15(24-3)7-5-14/h4-7,16H,8-12H2,1-3H3,(H,19,21)(H,22,23)/t16-/m1/s1. The second-order valence-corrected chi connectivity index (χ2v) is 7.87. The maximum Gasteiger partial charge on any atom is 0.327 e. The third-order valence-corrected chi connectivity index (χ3v) is 6.34. The van der Waals surface area contributed by atoms with Crippen LogP contribution in [0.4, 0.5) is 0 Å². The highest BCUT2D eigenvalue weighted by Crippen LogP contribution is 2.41. The summed E-state index contributed by atoms with van der Waals surface area (Å²) in [6.07, 6.45) is 1.45. The number of amides is 1. The SMILES string of the molecule is COc1ccc(CSC2([C@H](NC(C)=O)C(=O)O)CCN(C)CC2)cc1. The van der Waals surface area contributed by atoms with E-state index in [1.807, 2.05) is 31.3 Å². The van der Waals surface area contributed by atoms with Crippen molar-refractivity contribution in [1.29, 1.82) is 0 Å². The predicted octanol–water partition coefficient (Wildman–Crippen LogP) is 1.98. The average Bonchev–Trinajstić information content (AvgIpc) is 2.60. The highest BCUT2D eigenvalue weighted by atomic mass is 32.2. The van der Waals surface area contributed by atoms with Gasteiger partial charge in [0.15, 0.2) is 0 Å². The largest absolute Gasteiger partial charge is 0.497 e. The lowest BCUT2D eigenvalue weighted by molar-refractivity contribution is -0.143. The van der Waals surface area contributed by atoms with Crippen LogP contribution in [0.2, 0.25) is 0 Å². The van der Waals surface area contributed by atoms with Gasteiger partial charge in [-0.3, -0.25) is 4.79 Å². The Labute approximate surface area is 152 Å². The molecule has 1 aromatic rings. The van der Waals surface area contributed by atoms with Crippen molar-refractivity contribution in [2.45, 2.75) is 36.3 Å². The molecule has 0 aliphatic carbocycles. The van der Waals surface area contributed by atoms with Crippen molar-refractivity contribution >= 4 is 23.6 Å². The van der Waals surface area contributed by atoms with Gasteiger partial charge in [0, 0.05) is 17.4 Å². The number of hydrogen-bond donors (Lipinski definition) is 2. The Morgan fingerprint density at radius 1 is 1.32 bits per heavy atom. The number of nitrogens with one attached hydrogen (secondary N) is 1. The zero-order chi connectivity index (χ0) is 18.4. The molecule has 0 bridgehead atoms. The molecule has 0 radical (unpaired) electrons. The maximum absolute atomic E-state index is 11.9. The summed E-state index contributed by atoms with van der Waals surface area (Å²) in [6.45, 7) is 3.00. The molecule has 0 aromatic heterocycles. The summed E-state index contributed by atoms with van der Waals surface area (Å²) < 4.78 is 4.66. The van der Waals surface area contributed by atoms with Crippen molar-refractivity contribution in [3.8, 4) is 5.75 Å². The number of methoxy groups -OCH3 is 1. The fraction of sp³-hybridized carbons (Fsp3) is 0.556. The lowest BCUT2D eigenvalue weighted by Crippen LogP contribution is -2.58. The third-order valence-electron chi connectivity index (χ3n) is 4.64. The van der Waals surface area contributed by atoms with Crippen molar-refractivity contribution in [2.75, 3.05) is 27.2 Å². The molecule has 1 aliphatic heterocycles. The van der Waals surface area contributed by atoms with E-state index in [-0.39, 0.29) is 5.91 Å². The van der Waals surface area contributed by atoms with E-state index in [1.165, 1.54) is 6.92 Å². The zero-order valence-corrected chi connectivity index (χ0v) is 15.8. The number of rotatable bonds is 7. The van der Waals surface area contributed by atoms with Gasteiger partial charge in [-0.15, -0.1) is 11.8 Å². The summed E-state index contributed by atoms with van der Waals surface area (Å²) >= 11 is 1.63. The van der Waals surface area contributed by atoms with Gasteiger partial charge in [-0.2, -0.15) is 0 Å². The van der Waals surface area contributed by atoms with Gasteiger partial charge in [0.25, 0.3) is 0 Å². The van der Waals surface area contributed by atoms with Gasteiger partial charge in [0.1, 0.15) is 11.8 Å². The molecule has 0 spiro atoms. The molecule has 138 valence electrons. The van der Waals surface area contributed by atoms with Crippen LogP contribution in [-0.4, -0.2) is 59.9 Å². The molecule has 1 atom stereocenters. The first-order chi connectivity index (χ1) is 11.9. The van der Waals surface area contributed by atoms with E-state index in [4.69, 9.17) is 4.74 Å². The Morgan fingerprint density at radius 3 is 2.40 bits per heavy atom. The van der Waals surface area contributed by atoms with Crippen molar-refractivity contribution in [1.82, 2.24) is 10.2 Å². The van der Waals surface area contributed by atoms with Crippen molar-refractivity contribution in [2.24, 2.45) is 0 Å². The summed E-state index contributed by atoms with van der Waals surface area (Å²) in [5.41, 5.74) is 1.11. The fourth-order valence-electron chi connectivity index (χ4n) is 3.08. The number of carboxylic acids is 1. The maximum atomic E-state index is 11.9.